The first-order valence-electron chi connectivity index (χ1n) is 4.02. The Morgan fingerprint density at radius 2 is 2.00 bits per heavy atom. The highest BCUT2D eigenvalue weighted by Crippen LogP contribution is 2.45. The summed E-state index contributed by atoms with van der Waals surface area (Å²) in [6.45, 7) is 0. The van der Waals surface area contributed by atoms with Crippen molar-refractivity contribution in [3.63, 3.8) is 0 Å². The fourth-order valence-electron chi connectivity index (χ4n) is 1.22. The van der Waals surface area contributed by atoms with Crippen molar-refractivity contribution < 1.29 is 9.53 Å². The Balaban J connectivity index is 2.14. The van der Waals surface area contributed by atoms with Gasteiger partial charge in [0.05, 0.1) is 9.90 Å². The summed E-state index contributed by atoms with van der Waals surface area (Å²) in [7, 11) is 0. The normalized spacial score (nSPS) is 24.6. The highest BCUT2D eigenvalue weighted by Gasteiger charge is 2.56. The molecule has 88 valence electrons. The Morgan fingerprint density at radius 3 is 2.38 bits per heavy atom. The molecule has 1 aliphatic rings. The van der Waals surface area contributed by atoms with Crippen molar-refractivity contribution in [3.8, 4) is 0 Å². The number of thiophene rings is 1. The van der Waals surface area contributed by atoms with Crippen LogP contribution in [0.5, 0.6) is 0 Å². The Labute approximate surface area is 120 Å². The van der Waals surface area contributed by atoms with Gasteiger partial charge in [-0.1, -0.05) is 58.0 Å². The number of epoxide rings is 1. The Bertz CT molecular complexity index is 438. The van der Waals surface area contributed by atoms with Gasteiger partial charge in [-0.25, -0.2) is 0 Å². The summed E-state index contributed by atoms with van der Waals surface area (Å²) >= 11 is 29.5. The van der Waals surface area contributed by atoms with Gasteiger partial charge in [0.25, 0.3) is 0 Å². The van der Waals surface area contributed by atoms with Crippen LogP contribution in [0, 0.1) is 0 Å². The molecule has 2 atom stereocenters. The van der Waals surface area contributed by atoms with Crippen LogP contribution in [0.3, 0.4) is 0 Å². The van der Waals surface area contributed by atoms with Gasteiger partial charge >= 0.3 is 0 Å². The van der Waals surface area contributed by atoms with Crippen molar-refractivity contribution in [1.29, 1.82) is 0 Å². The van der Waals surface area contributed by atoms with Gasteiger partial charge < -0.3 is 4.74 Å². The monoisotopic (exact) mass is 338 g/mol. The molecule has 0 spiro atoms. The second-order valence-electron chi connectivity index (χ2n) is 3.12. The third-order valence-corrected chi connectivity index (χ3v) is 4.13. The van der Waals surface area contributed by atoms with Crippen LogP contribution in [0.4, 0.5) is 0 Å². The predicted molar refractivity (Wildman–Crippen MR) is 67.6 cm³/mol. The molecule has 0 bridgehead atoms. The molecule has 1 aliphatic heterocycles. The van der Waals surface area contributed by atoms with Crippen molar-refractivity contribution in [2.45, 2.75) is 16.0 Å². The quantitative estimate of drug-likeness (QED) is 0.454. The van der Waals surface area contributed by atoms with E-state index in [0.717, 1.165) is 11.3 Å². The first kappa shape index (κ1) is 13.2. The minimum Gasteiger partial charge on any atom is -0.356 e. The SMILES string of the molecule is O=C(c1cc(Cl)sc1Cl)[C@H]1O[C@H]1C(Cl)(Cl)Cl. The molecule has 2 rings (SSSR count). The van der Waals surface area contributed by atoms with Crippen LogP contribution in [0.2, 0.25) is 8.67 Å². The summed E-state index contributed by atoms with van der Waals surface area (Å²) in [4.78, 5) is 11.9. The van der Waals surface area contributed by atoms with Crippen LogP contribution < -0.4 is 0 Å². The fourth-order valence-corrected chi connectivity index (χ4v) is 3.19. The molecule has 1 aromatic rings. The van der Waals surface area contributed by atoms with Crippen LogP contribution in [0.1, 0.15) is 10.4 Å². The molecule has 0 N–H and O–H groups in total. The molecule has 0 saturated carbocycles. The minimum atomic E-state index is -1.60. The standard InChI is InChI=1S/C8H3Cl5O2S/c9-3-1-2(7(10)16-3)4(14)5-6(15-5)8(11,12)13/h1,5-6H/t5-,6-/m1/s1. The van der Waals surface area contributed by atoms with Crippen molar-refractivity contribution in [3.05, 3.63) is 20.3 Å². The number of hydrogen-bond donors (Lipinski definition) is 0. The average molecular weight is 340 g/mol. The molecule has 8 heteroatoms. The molecular weight excluding hydrogens is 337 g/mol. The van der Waals surface area contributed by atoms with E-state index in [0.29, 0.717) is 14.2 Å². The van der Waals surface area contributed by atoms with Gasteiger partial charge in [0.1, 0.15) is 10.4 Å². The van der Waals surface area contributed by atoms with Gasteiger partial charge in [0, 0.05) is 0 Å². The van der Waals surface area contributed by atoms with Crippen molar-refractivity contribution in [1.82, 2.24) is 0 Å². The third-order valence-electron chi connectivity index (χ3n) is 1.99. The second kappa shape index (κ2) is 4.47. The van der Waals surface area contributed by atoms with E-state index < -0.39 is 16.0 Å². The van der Waals surface area contributed by atoms with E-state index in [1.165, 1.54) is 6.07 Å². The topological polar surface area (TPSA) is 29.6 Å². The molecule has 1 aromatic heterocycles. The van der Waals surface area contributed by atoms with E-state index in [4.69, 9.17) is 62.7 Å². The molecule has 0 radical (unpaired) electrons. The lowest BCUT2D eigenvalue weighted by atomic mass is 10.1. The lowest BCUT2D eigenvalue weighted by Crippen LogP contribution is -2.19. The summed E-state index contributed by atoms with van der Waals surface area (Å²) in [5, 5.41) is 0. The highest BCUT2D eigenvalue weighted by atomic mass is 35.6. The van der Waals surface area contributed by atoms with Gasteiger partial charge in [-0.15, -0.1) is 11.3 Å². The van der Waals surface area contributed by atoms with E-state index in [-0.39, 0.29) is 5.78 Å². The van der Waals surface area contributed by atoms with E-state index >= 15 is 0 Å². The highest BCUT2D eigenvalue weighted by molar-refractivity contribution is 7.20. The van der Waals surface area contributed by atoms with Gasteiger partial charge in [0.2, 0.25) is 3.79 Å². The molecule has 0 aliphatic carbocycles. The number of halogens is 5. The maximum Gasteiger partial charge on any atom is 0.219 e. The van der Waals surface area contributed by atoms with Gasteiger partial charge in [-0.05, 0) is 6.07 Å². The van der Waals surface area contributed by atoms with E-state index in [1.807, 2.05) is 0 Å². The molecular formula is C8H3Cl5O2S. The number of ether oxygens (including phenoxy) is 1. The second-order valence-corrected chi connectivity index (χ2v) is 7.78. The van der Waals surface area contributed by atoms with Crippen molar-refractivity contribution in [2.24, 2.45) is 0 Å². The molecule has 0 aromatic carbocycles. The molecule has 0 amide bonds. The number of rotatable bonds is 2. The lowest BCUT2D eigenvalue weighted by molar-refractivity contribution is 0.0954. The van der Waals surface area contributed by atoms with Crippen LogP contribution in [-0.4, -0.2) is 21.8 Å². The number of Topliss-reactive ketones (excluding diaryl/α,β-unsaturated/α-hetero) is 1. The average Bonchev–Trinajstić information content (AvgIpc) is 2.86. The van der Waals surface area contributed by atoms with Gasteiger partial charge in [0.15, 0.2) is 11.9 Å². The zero-order chi connectivity index (χ0) is 12.1. The van der Waals surface area contributed by atoms with Crippen molar-refractivity contribution >= 4 is 75.1 Å². The van der Waals surface area contributed by atoms with E-state index in [9.17, 15) is 4.79 Å². The molecule has 1 saturated heterocycles. The fraction of sp³-hybridized carbons (Fsp3) is 0.375. The summed E-state index contributed by atoms with van der Waals surface area (Å²) in [5.41, 5.74) is 0.304. The zero-order valence-corrected chi connectivity index (χ0v) is 11.9. The maximum absolute atomic E-state index is 11.9. The largest absolute Gasteiger partial charge is 0.356 e. The number of carbonyl (C=O) groups excluding carboxylic acids is 1. The van der Waals surface area contributed by atoms with Crippen LogP contribution in [0.25, 0.3) is 0 Å². The Kier molecular flexibility index (Phi) is 3.69. The molecule has 0 unspecified atom stereocenters. The third kappa shape index (κ3) is 2.61. The summed E-state index contributed by atoms with van der Waals surface area (Å²) in [6, 6.07) is 1.48. The summed E-state index contributed by atoms with van der Waals surface area (Å²) < 4.78 is 4.16. The first-order valence-corrected chi connectivity index (χ1v) is 6.72. The zero-order valence-electron chi connectivity index (χ0n) is 7.35. The van der Waals surface area contributed by atoms with Gasteiger partial charge in [-0.2, -0.15) is 0 Å². The van der Waals surface area contributed by atoms with Gasteiger partial charge in [-0.3, -0.25) is 4.79 Å². The molecule has 16 heavy (non-hydrogen) atoms. The number of carbonyl (C=O) groups is 1. The smallest absolute Gasteiger partial charge is 0.219 e. The van der Waals surface area contributed by atoms with E-state index in [1.54, 1.807) is 0 Å². The van der Waals surface area contributed by atoms with Crippen LogP contribution in [-0.2, 0) is 4.74 Å². The molecule has 2 nitrogen and oxygen atoms in total. The maximum atomic E-state index is 11.9. The summed E-state index contributed by atoms with van der Waals surface area (Å²) in [5.74, 6) is -0.315. The number of hydrogen-bond acceptors (Lipinski definition) is 3. The molecule has 1 fully saturated rings. The van der Waals surface area contributed by atoms with Crippen LogP contribution in [0.15, 0.2) is 6.07 Å². The van der Waals surface area contributed by atoms with Crippen LogP contribution >= 0.6 is 69.3 Å². The molecule has 2 heterocycles. The Hall–Kier alpha value is 0.780. The number of alkyl halides is 3. The summed E-state index contributed by atoms with van der Waals surface area (Å²) in [6.07, 6.45) is -1.48. The minimum absolute atomic E-state index is 0.304. The lowest BCUT2D eigenvalue weighted by Gasteiger charge is -2.04. The van der Waals surface area contributed by atoms with Crippen molar-refractivity contribution in [2.75, 3.05) is 0 Å². The number of ketones is 1. The van der Waals surface area contributed by atoms with E-state index in [2.05, 4.69) is 0 Å². The predicted octanol–water partition coefficient (Wildman–Crippen LogP) is 4.38. The first-order chi connectivity index (χ1) is 7.30. The Morgan fingerprint density at radius 1 is 1.38 bits per heavy atom.